The fourth-order valence-electron chi connectivity index (χ4n) is 3.83. The molecule has 2 rings (SSSR count). The zero-order chi connectivity index (χ0) is 30.1. The molecule has 1 fully saturated rings. The van der Waals surface area contributed by atoms with Crippen molar-refractivity contribution in [3.63, 3.8) is 0 Å². The van der Waals surface area contributed by atoms with Gasteiger partial charge in [-0.2, -0.15) is 4.90 Å². The third-order valence-electron chi connectivity index (χ3n) is 6.69. The van der Waals surface area contributed by atoms with E-state index >= 15 is 0 Å². The van der Waals surface area contributed by atoms with E-state index < -0.39 is 49.7 Å². The van der Waals surface area contributed by atoms with Crippen molar-refractivity contribution in [2.24, 2.45) is 0 Å². The fraction of sp³-hybridized carbons (Fsp3) is 0.667. The van der Waals surface area contributed by atoms with Gasteiger partial charge in [0, 0.05) is 12.7 Å². The van der Waals surface area contributed by atoms with E-state index in [9.17, 15) is 19.2 Å². The lowest BCUT2D eigenvalue weighted by Gasteiger charge is -2.57. The van der Waals surface area contributed by atoms with Gasteiger partial charge in [-0.3, -0.25) is 10.1 Å². The molecule has 39 heavy (non-hydrogen) atoms. The van der Waals surface area contributed by atoms with E-state index in [2.05, 4.69) is 44.2 Å². The summed E-state index contributed by atoms with van der Waals surface area (Å²) in [6.07, 6.45) is -0.422. The van der Waals surface area contributed by atoms with Gasteiger partial charge in [-0.05, 0) is 64.3 Å². The van der Waals surface area contributed by atoms with Crippen LogP contribution in [0.5, 0.6) is 0 Å². The fourth-order valence-corrected chi connectivity index (χ4v) is 6.19. The maximum atomic E-state index is 13.3. The number of methoxy groups -OCH3 is 1. The molecule has 0 radical (unpaired) electrons. The molecule has 12 heteroatoms. The quantitative estimate of drug-likeness (QED) is 0.228. The minimum Gasteiger partial charge on any atom is -0.467 e. The van der Waals surface area contributed by atoms with Gasteiger partial charge in [-0.25, -0.2) is 19.4 Å². The minimum atomic E-state index is -2.34. The number of nitrogens with zero attached hydrogens (tertiary/aromatic N) is 3. The zero-order valence-corrected chi connectivity index (χ0v) is 26.3. The Kier molecular flexibility index (Phi) is 9.29. The second-order valence-corrected chi connectivity index (χ2v) is 18.3. The van der Waals surface area contributed by atoms with Gasteiger partial charge in [0.1, 0.15) is 29.1 Å². The molecular formula is C27H44N4O7Si. The molecule has 1 aliphatic rings. The molecule has 2 atom stereocenters. The van der Waals surface area contributed by atoms with Gasteiger partial charge >= 0.3 is 18.2 Å². The Balaban J connectivity index is 2.32. The van der Waals surface area contributed by atoms with Gasteiger partial charge < -0.3 is 18.8 Å². The van der Waals surface area contributed by atoms with E-state index in [0.717, 1.165) is 4.90 Å². The highest BCUT2D eigenvalue weighted by atomic mass is 28.3. The standard InChI is InChI=1S/C27H44N4O7Si/c1-25(2,3)37-23(34)30(24(35)38-26(4,5)6)18-15-17(13-14-28-18)16-29-19-20(22(33)36-10)31(21(19)32)39(11,12)27(7,8)9/h13-15,19-20,29H,16H2,1-12H3/t19-,20+/m1/s1. The highest BCUT2D eigenvalue weighted by Crippen LogP contribution is 2.43. The van der Waals surface area contributed by atoms with Crippen LogP contribution in [0, 0.1) is 0 Å². The lowest BCUT2D eigenvalue weighted by atomic mass is 9.98. The number of amides is 3. The van der Waals surface area contributed by atoms with Gasteiger partial charge in [0.25, 0.3) is 0 Å². The average molecular weight is 565 g/mol. The number of pyridine rings is 1. The molecular weight excluding hydrogens is 520 g/mol. The molecule has 0 bridgehead atoms. The van der Waals surface area contributed by atoms with Crippen molar-refractivity contribution in [3.05, 3.63) is 23.9 Å². The van der Waals surface area contributed by atoms with Crippen LogP contribution in [0.15, 0.2) is 18.3 Å². The van der Waals surface area contributed by atoms with Crippen molar-refractivity contribution in [2.75, 3.05) is 12.0 Å². The number of β-lactam (4-membered cyclic amide) rings is 1. The van der Waals surface area contributed by atoms with Crippen LogP contribution in [0.2, 0.25) is 18.1 Å². The molecule has 1 aromatic heterocycles. The van der Waals surface area contributed by atoms with Crippen LogP contribution >= 0.6 is 0 Å². The Hall–Kier alpha value is -2.99. The highest BCUT2D eigenvalue weighted by Gasteiger charge is 2.60. The summed E-state index contributed by atoms with van der Waals surface area (Å²) in [6, 6.07) is 1.70. The molecule has 0 unspecified atom stereocenters. The summed E-state index contributed by atoms with van der Waals surface area (Å²) in [5.74, 6) is -0.631. The van der Waals surface area contributed by atoms with Crippen molar-refractivity contribution in [1.82, 2.24) is 14.9 Å². The summed E-state index contributed by atoms with van der Waals surface area (Å²) in [4.78, 5) is 56.9. The van der Waals surface area contributed by atoms with E-state index in [-0.39, 0.29) is 23.3 Å². The van der Waals surface area contributed by atoms with Gasteiger partial charge in [0.2, 0.25) is 5.91 Å². The molecule has 0 aromatic carbocycles. The predicted molar refractivity (Wildman–Crippen MR) is 150 cm³/mol. The van der Waals surface area contributed by atoms with Gasteiger partial charge in [0.05, 0.1) is 7.11 Å². The summed E-state index contributed by atoms with van der Waals surface area (Å²) >= 11 is 0. The molecule has 2 heterocycles. The van der Waals surface area contributed by atoms with Crippen LogP contribution in [0.1, 0.15) is 67.9 Å². The molecule has 0 spiro atoms. The molecule has 3 amide bonds. The maximum Gasteiger partial charge on any atom is 0.425 e. The number of hydrogen-bond acceptors (Lipinski definition) is 9. The Bertz CT molecular complexity index is 1070. The first-order valence-electron chi connectivity index (χ1n) is 13.0. The number of hydrogen-bond donors (Lipinski definition) is 1. The summed E-state index contributed by atoms with van der Waals surface area (Å²) in [6.45, 7) is 20.6. The first-order chi connectivity index (χ1) is 17.6. The number of rotatable bonds is 6. The molecule has 11 nitrogen and oxygen atoms in total. The number of imide groups is 1. The Morgan fingerprint density at radius 3 is 1.95 bits per heavy atom. The summed E-state index contributed by atoms with van der Waals surface area (Å²) < 4.78 is 17.6. The van der Waals surface area contributed by atoms with E-state index in [1.165, 1.54) is 19.4 Å². The monoisotopic (exact) mass is 564 g/mol. The van der Waals surface area contributed by atoms with Crippen LogP contribution in [0.3, 0.4) is 0 Å². The van der Waals surface area contributed by atoms with E-state index in [1.807, 2.05) is 0 Å². The smallest absolute Gasteiger partial charge is 0.425 e. The second-order valence-electron chi connectivity index (χ2n) is 13.2. The van der Waals surface area contributed by atoms with Crippen LogP contribution in [-0.2, 0) is 30.3 Å². The third-order valence-corrected chi connectivity index (χ3v) is 12.1. The average Bonchev–Trinajstić information content (AvgIpc) is 2.73. The number of anilines is 1. The van der Waals surface area contributed by atoms with Crippen molar-refractivity contribution in [1.29, 1.82) is 0 Å². The largest absolute Gasteiger partial charge is 0.467 e. The normalized spacial score (nSPS) is 18.3. The van der Waals surface area contributed by atoms with Crippen LogP contribution in [0.4, 0.5) is 15.4 Å². The van der Waals surface area contributed by atoms with Crippen molar-refractivity contribution >= 4 is 38.1 Å². The molecule has 218 valence electrons. The van der Waals surface area contributed by atoms with Crippen molar-refractivity contribution < 1.29 is 33.4 Å². The topological polar surface area (TPSA) is 127 Å². The number of carbonyl (C=O) groups excluding carboxylic acids is 4. The van der Waals surface area contributed by atoms with Gasteiger partial charge in [-0.15, -0.1) is 0 Å². The predicted octanol–water partition coefficient (Wildman–Crippen LogP) is 4.61. The molecule has 1 aliphatic heterocycles. The summed E-state index contributed by atoms with van der Waals surface area (Å²) in [5.41, 5.74) is -1.10. The Labute approximate surface area is 232 Å². The maximum absolute atomic E-state index is 13.3. The summed E-state index contributed by atoms with van der Waals surface area (Å²) in [5, 5.41) is 3.00. The Morgan fingerprint density at radius 1 is 1.00 bits per heavy atom. The SMILES string of the molecule is COC(=O)[C@@H]1[C@@H](NCc2ccnc(N(C(=O)OC(C)(C)C)C(=O)OC(C)(C)C)c2)C(=O)N1[Si](C)(C)C(C)(C)C. The van der Waals surface area contributed by atoms with Crippen molar-refractivity contribution in [3.8, 4) is 0 Å². The van der Waals surface area contributed by atoms with E-state index in [4.69, 9.17) is 14.2 Å². The van der Waals surface area contributed by atoms with E-state index in [0.29, 0.717) is 5.56 Å². The highest BCUT2D eigenvalue weighted by molar-refractivity contribution is 6.80. The van der Waals surface area contributed by atoms with Crippen molar-refractivity contribution in [2.45, 2.75) is 110 Å². The van der Waals surface area contributed by atoms with Gasteiger partial charge in [0.15, 0.2) is 8.24 Å². The van der Waals surface area contributed by atoms with Crippen LogP contribution in [-0.4, -0.2) is 72.2 Å². The number of nitrogens with one attached hydrogen (secondary N) is 1. The van der Waals surface area contributed by atoms with Gasteiger partial charge in [-0.1, -0.05) is 33.9 Å². The minimum absolute atomic E-state index is 0.00477. The lowest BCUT2D eigenvalue weighted by molar-refractivity contribution is -0.162. The number of aromatic nitrogens is 1. The number of ether oxygens (including phenoxy) is 3. The summed E-state index contributed by atoms with van der Waals surface area (Å²) in [7, 11) is -1.03. The number of carbonyl (C=O) groups is 4. The second kappa shape index (κ2) is 11.2. The van der Waals surface area contributed by atoms with E-state index in [1.54, 1.807) is 52.2 Å². The Morgan fingerprint density at radius 2 is 1.51 bits per heavy atom. The molecule has 1 N–H and O–H groups in total. The molecule has 0 saturated carbocycles. The lowest BCUT2D eigenvalue weighted by Crippen LogP contribution is -2.80. The number of esters is 1. The molecule has 1 saturated heterocycles. The third kappa shape index (κ3) is 7.56. The van der Waals surface area contributed by atoms with Crippen LogP contribution in [0.25, 0.3) is 0 Å². The molecule has 1 aromatic rings. The first kappa shape index (κ1) is 32.2. The zero-order valence-electron chi connectivity index (χ0n) is 25.3. The molecule has 0 aliphatic carbocycles. The van der Waals surface area contributed by atoms with Crippen LogP contribution < -0.4 is 10.2 Å². The first-order valence-corrected chi connectivity index (χ1v) is 15.9.